The molecule has 0 bridgehead atoms. The first-order valence-corrected chi connectivity index (χ1v) is 7.59. The number of halogens is 1. The summed E-state index contributed by atoms with van der Waals surface area (Å²) < 4.78 is 0.797. The van der Waals surface area contributed by atoms with E-state index in [0.29, 0.717) is 5.92 Å². The minimum absolute atomic E-state index is 0.113. The van der Waals surface area contributed by atoms with Crippen LogP contribution in [0.3, 0.4) is 0 Å². The van der Waals surface area contributed by atoms with E-state index in [0.717, 1.165) is 10.8 Å². The maximum absolute atomic E-state index is 5.97. The molecule has 1 unspecified atom stereocenters. The SMILES string of the molecule is CC(C)c1ccc(CC(NN)c2ccc(Cl)s2)cc1. The Balaban J connectivity index is 2.10. The van der Waals surface area contributed by atoms with Crippen molar-refractivity contribution in [2.45, 2.75) is 32.2 Å². The van der Waals surface area contributed by atoms with Crippen LogP contribution in [0.4, 0.5) is 0 Å². The Morgan fingerprint density at radius 3 is 2.32 bits per heavy atom. The molecule has 2 rings (SSSR count). The lowest BCUT2D eigenvalue weighted by atomic mass is 9.99. The molecule has 2 nitrogen and oxygen atoms in total. The number of hydrogen-bond donors (Lipinski definition) is 2. The molecule has 1 aromatic carbocycles. The van der Waals surface area contributed by atoms with Gasteiger partial charge >= 0.3 is 0 Å². The van der Waals surface area contributed by atoms with E-state index in [4.69, 9.17) is 17.4 Å². The molecule has 0 saturated carbocycles. The molecule has 0 radical (unpaired) electrons. The van der Waals surface area contributed by atoms with Crippen molar-refractivity contribution < 1.29 is 0 Å². The van der Waals surface area contributed by atoms with Crippen LogP contribution in [0.1, 0.15) is 41.8 Å². The van der Waals surface area contributed by atoms with Gasteiger partial charge in [0, 0.05) is 4.88 Å². The van der Waals surface area contributed by atoms with E-state index < -0.39 is 0 Å². The number of nitrogens with two attached hydrogens (primary N) is 1. The summed E-state index contributed by atoms with van der Waals surface area (Å²) in [6.45, 7) is 4.40. The minimum Gasteiger partial charge on any atom is -0.271 e. The van der Waals surface area contributed by atoms with Gasteiger partial charge in [0.15, 0.2) is 0 Å². The quantitative estimate of drug-likeness (QED) is 0.638. The fourth-order valence-electron chi connectivity index (χ4n) is 2.03. The highest BCUT2D eigenvalue weighted by Gasteiger charge is 2.13. The highest BCUT2D eigenvalue weighted by atomic mass is 35.5. The smallest absolute Gasteiger partial charge is 0.0931 e. The molecule has 0 aliphatic rings. The van der Waals surface area contributed by atoms with E-state index in [-0.39, 0.29) is 6.04 Å². The number of nitrogens with one attached hydrogen (secondary N) is 1. The maximum atomic E-state index is 5.97. The van der Waals surface area contributed by atoms with Gasteiger partial charge in [0.1, 0.15) is 0 Å². The Bertz CT molecular complexity index is 519. The normalized spacial score (nSPS) is 12.9. The lowest BCUT2D eigenvalue weighted by Crippen LogP contribution is -2.28. The number of thiophene rings is 1. The summed E-state index contributed by atoms with van der Waals surface area (Å²) in [5, 5.41) is 0. The zero-order valence-electron chi connectivity index (χ0n) is 11.2. The third-order valence-electron chi connectivity index (χ3n) is 3.22. The first-order chi connectivity index (χ1) is 9.10. The first kappa shape index (κ1) is 14.5. The summed E-state index contributed by atoms with van der Waals surface area (Å²) in [5.74, 6) is 6.22. The number of hydrogen-bond acceptors (Lipinski definition) is 3. The molecule has 0 aliphatic heterocycles. The molecule has 2 aromatic rings. The molecule has 4 heteroatoms. The molecule has 0 spiro atoms. The van der Waals surface area contributed by atoms with E-state index in [1.54, 1.807) is 11.3 Å². The first-order valence-electron chi connectivity index (χ1n) is 6.40. The highest BCUT2D eigenvalue weighted by molar-refractivity contribution is 7.16. The zero-order chi connectivity index (χ0) is 13.8. The number of hydrazine groups is 1. The lowest BCUT2D eigenvalue weighted by molar-refractivity contribution is 0.560. The van der Waals surface area contributed by atoms with Gasteiger partial charge in [0.25, 0.3) is 0 Å². The number of rotatable bonds is 5. The van der Waals surface area contributed by atoms with Gasteiger partial charge < -0.3 is 0 Å². The van der Waals surface area contributed by atoms with Crippen LogP contribution in [0.15, 0.2) is 36.4 Å². The van der Waals surface area contributed by atoms with Crippen LogP contribution >= 0.6 is 22.9 Å². The van der Waals surface area contributed by atoms with Crippen LogP contribution in [0, 0.1) is 0 Å². The molecule has 1 heterocycles. The van der Waals surface area contributed by atoms with Gasteiger partial charge in [-0.15, -0.1) is 11.3 Å². The van der Waals surface area contributed by atoms with Gasteiger partial charge in [-0.3, -0.25) is 11.3 Å². The van der Waals surface area contributed by atoms with Gasteiger partial charge in [-0.1, -0.05) is 49.7 Å². The fourth-order valence-corrected chi connectivity index (χ4v) is 3.15. The van der Waals surface area contributed by atoms with Crippen molar-refractivity contribution in [1.29, 1.82) is 0 Å². The highest BCUT2D eigenvalue weighted by Crippen LogP contribution is 2.28. The van der Waals surface area contributed by atoms with Crippen molar-refractivity contribution in [1.82, 2.24) is 5.43 Å². The van der Waals surface area contributed by atoms with E-state index in [9.17, 15) is 0 Å². The zero-order valence-corrected chi connectivity index (χ0v) is 12.8. The molecule has 3 N–H and O–H groups in total. The molecule has 0 saturated heterocycles. The molecular weight excluding hydrogens is 276 g/mol. The van der Waals surface area contributed by atoms with Crippen molar-refractivity contribution in [2.24, 2.45) is 5.84 Å². The van der Waals surface area contributed by atoms with E-state index in [1.807, 2.05) is 12.1 Å². The maximum Gasteiger partial charge on any atom is 0.0931 e. The summed E-state index contributed by atoms with van der Waals surface area (Å²) in [7, 11) is 0. The Morgan fingerprint density at radius 2 is 1.84 bits per heavy atom. The standard InChI is InChI=1S/C15H19ClN2S/c1-10(2)12-5-3-11(4-6-12)9-13(18-17)14-7-8-15(16)19-14/h3-8,10,13,18H,9,17H2,1-2H3. The van der Waals surface area contributed by atoms with Crippen molar-refractivity contribution >= 4 is 22.9 Å². The van der Waals surface area contributed by atoms with Crippen molar-refractivity contribution in [2.75, 3.05) is 0 Å². The van der Waals surface area contributed by atoms with Gasteiger partial charge in [-0.25, -0.2) is 0 Å². The van der Waals surface area contributed by atoms with Crippen LogP contribution in [0.5, 0.6) is 0 Å². The van der Waals surface area contributed by atoms with Gasteiger partial charge in [-0.2, -0.15) is 0 Å². The second kappa shape index (κ2) is 6.53. The average Bonchev–Trinajstić information content (AvgIpc) is 2.83. The van der Waals surface area contributed by atoms with Gasteiger partial charge in [-0.05, 0) is 35.6 Å². The molecular formula is C15H19ClN2S. The monoisotopic (exact) mass is 294 g/mol. The summed E-state index contributed by atoms with van der Waals surface area (Å²) in [6.07, 6.45) is 0.867. The molecule has 1 aromatic heterocycles. The average molecular weight is 295 g/mol. The van der Waals surface area contributed by atoms with Crippen molar-refractivity contribution in [3.05, 3.63) is 56.7 Å². The molecule has 1 atom stereocenters. The van der Waals surface area contributed by atoms with E-state index in [2.05, 4.69) is 43.5 Å². The molecule has 0 aliphatic carbocycles. The molecule has 0 amide bonds. The Morgan fingerprint density at radius 1 is 1.16 bits per heavy atom. The molecule has 0 fully saturated rings. The summed E-state index contributed by atoms with van der Waals surface area (Å²) in [4.78, 5) is 1.17. The van der Waals surface area contributed by atoms with Crippen LogP contribution in [0.2, 0.25) is 4.34 Å². The van der Waals surface area contributed by atoms with Crippen LogP contribution in [-0.4, -0.2) is 0 Å². The second-order valence-electron chi connectivity index (χ2n) is 4.96. The van der Waals surface area contributed by atoms with Crippen LogP contribution < -0.4 is 11.3 Å². The topological polar surface area (TPSA) is 38.0 Å². The van der Waals surface area contributed by atoms with Crippen LogP contribution in [-0.2, 0) is 6.42 Å². The predicted octanol–water partition coefficient (Wildman–Crippen LogP) is 4.27. The van der Waals surface area contributed by atoms with Gasteiger partial charge in [0.05, 0.1) is 10.4 Å². The fraction of sp³-hybridized carbons (Fsp3) is 0.333. The Hall–Kier alpha value is -0.870. The summed E-state index contributed by atoms with van der Waals surface area (Å²) in [5.41, 5.74) is 5.51. The summed E-state index contributed by atoms with van der Waals surface area (Å²) >= 11 is 7.54. The van der Waals surface area contributed by atoms with Gasteiger partial charge in [0.2, 0.25) is 0 Å². The second-order valence-corrected chi connectivity index (χ2v) is 6.71. The Kier molecular flexibility index (Phi) is 4.99. The lowest BCUT2D eigenvalue weighted by Gasteiger charge is -2.15. The van der Waals surface area contributed by atoms with Crippen LogP contribution in [0.25, 0.3) is 0 Å². The van der Waals surface area contributed by atoms with Crippen molar-refractivity contribution in [3.8, 4) is 0 Å². The largest absolute Gasteiger partial charge is 0.271 e. The predicted molar refractivity (Wildman–Crippen MR) is 83.6 cm³/mol. The molecule has 19 heavy (non-hydrogen) atoms. The van der Waals surface area contributed by atoms with E-state index >= 15 is 0 Å². The third-order valence-corrected chi connectivity index (χ3v) is 4.57. The third kappa shape index (κ3) is 3.80. The minimum atomic E-state index is 0.113. The number of benzene rings is 1. The van der Waals surface area contributed by atoms with E-state index in [1.165, 1.54) is 16.0 Å². The molecule has 102 valence electrons. The Labute approximate surface area is 123 Å². The van der Waals surface area contributed by atoms with Crippen molar-refractivity contribution in [3.63, 3.8) is 0 Å². The summed E-state index contributed by atoms with van der Waals surface area (Å²) in [6, 6.07) is 12.8.